The molecule has 8 heavy (non-hydrogen) atoms. The smallest absolute Gasteiger partial charge is 0.340 e. The maximum Gasteiger partial charge on any atom is 0.340 e. The monoisotopic (exact) mass is 174 g/mol. The number of carbonyl (C=O) groups is 1. The molecule has 0 unspecified atom stereocenters. The second-order valence-electron chi connectivity index (χ2n) is 0.867. The fraction of sp³-hybridized carbons (Fsp3) is 0.333. The van der Waals surface area contributed by atoms with E-state index in [-0.39, 0.29) is 0 Å². The van der Waals surface area contributed by atoms with Crippen LogP contribution in [0.5, 0.6) is 0 Å². The highest BCUT2D eigenvalue weighted by Crippen LogP contribution is 2.26. The number of hydrogen-bond donors (Lipinski definition) is 0. The Morgan fingerprint density at radius 2 is 1.88 bits per heavy atom. The molecule has 0 aromatic heterocycles. The molecule has 0 amide bonds. The Morgan fingerprint density at radius 3 is 1.88 bits per heavy atom. The summed E-state index contributed by atoms with van der Waals surface area (Å²) in [6.07, 6.45) is 0. The summed E-state index contributed by atoms with van der Waals surface area (Å²) in [4.78, 5) is 9.76. The predicted octanol–water partition coefficient (Wildman–Crippen LogP) is 1.57. The van der Waals surface area contributed by atoms with Gasteiger partial charge in [-0.3, -0.25) is 4.79 Å². The van der Waals surface area contributed by atoms with Gasteiger partial charge in [0, 0.05) is 0 Å². The summed E-state index contributed by atoms with van der Waals surface area (Å²) < 4.78 is 1.84. The van der Waals surface area contributed by atoms with Crippen molar-refractivity contribution in [1.29, 1.82) is 0 Å². The molecule has 5 heteroatoms. The minimum Gasteiger partial charge on any atom is -0.414 e. The Bertz CT molecular complexity index is 95.2. The van der Waals surface area contributed by atoms with E-state index in [1.807, 2.05) is 0 Å². The van der Waals surface area contributed by atoms with E-state index in [0.717, 1.165) is 0 Å². The lowest BCUT2D eigenvalue weighted by Crippen LogP contribution is -2.12. The van der Waals surface area contributed by atoms with Crippen molar-refractivity contribution in [2.45, 2.75) is 3.98 Å². The van der Waals surface area contributed by atoms with E-state index in [4.69, 9.17) is 34.8 Å². The molecule has 0 aromatic carbocycles. The van der Waals surface area contributed by atoms with Crippen LogP contribution in [-0.2, 0) is 9.53 Å². The first-order valence-corrected chi connectivity index (χ1v) is 2.60. The zero-order valence-corrected chi connectivity index (χ0v) is 5.80. The zero-order chi connectivity index (χ0) is 6.78. The van der Waals surface area contributed by atoms with Crippen molar-refractivity contribution in [1.82, 2.24) is 0 Å². The van der Waals surface area contributed by atoms with E-state index in [9.17, 15) is 4.79 Å². The summed E-state index contributed by atoms with van der Waals surface area (Å²) in [5.41, 5.74) is 0. The van der Waals surface area contributed by atoms with Gasteiger partial charge in [0.1, 0.15) is 0 Å². The largest absolute Gasteiger partial charge is 0.414 e. The third kappa shape index (κ3) is 6.34. The standard InChI is InChI=1S/C3HCl3O2/c1-2(7)8-3(4,5)6/h1H. The van der Waals surface area contributed by atoms with Crippen LogP contribution in [0.25, 0.3) is 0 Å². The molecule has 0 spiro atoms. The van der Waals surface area contributed by atoms with Crippen molar-refractivity contribution in [2.24, 2.45) is 0 Å². The number of ether oxygens (including phenoxy) is 1. The normalized spacial score (nSPS) is 11.0. The summed E-state index contributed by atoms with van der Waals surface area (Å²) in [5.74, 6) is -1.12. The quantitative estimate of drug-likeness (QED) is 0.413. The highest BCUT2D eigenvalue weighted by Gasteiger charge is 2.22. The molecule has 0 bridgehead atoms. The number of halogens is 3. The molecule has 2 radical (unpaired) electrons. The topological polar surface area (TPSA) is 26.3 Å². The van der Waals surface area contributed by atoms with Crippen LogP contribution in [0.4, 0.5) is 0 Å². The van der Waals surface area contributed by atoms with Gasteiger partial charge in [-0.15, -0.1) is 0 Å². The summed E-state index contributed by atoms with van der Waals surface area (Å²) in [6, 6.07) is 0. The van der Waals surface area contributed by atoms with Crippen LogP contribution in [0.1, 0.15) is 0 Å². The molecule has 0 heterocycles. The van der Waals surface area contributed by atoms with Crippen LogP contribution in [-0.4, -0.2) is 9.95 Å². The van der Waals surface area contributed by atoms with E-state index >= 15 is 0 Å². The molecule has 0 aliphatic carbocycles. The van der Waals surface area contributed by atoms with Crippen LogP contribution in [0.3, 0.4) is 0 Å². The highest BCUT2D eigenvalue weighted by molar-refractivity contribution is 6.66. The van der Waals surface area contributed by atoms with E-state index in [1.165, 1.54) is 0 Å². The van der Waals surface area contributed by atoms with Crippen LogP contribution in [0, 0.1) is 6.92 Å². The van der Waals surface area contributed by atoms with Crippen LogP contribution in [0.2, 0.25) is 0 Å². The Labute approximate surface area is 61.7 Å². The van der Waals surface area contributed by atoms with Gasteiger partial charge in [0.2, 0.25) is 0 Å². The van der Waals surface area contributed by atoms with Crippen LogP contribution >= 0.6 is 34.8 Å². The maximum absolute atomic E-state index is 9.76. The molecule has 0 rings (SSSR count). The summed E-state index contributed by atoms with van der Waals surface area (Å²) >= 11 is 14.8. The lowest BCUT2D eigenvalue weighted by Gasteiger charge is -2.08. The number of carbonyl (C=O) groups excluding carboxylic acids is 1. The average Bonchev–Trinajstić information content (AvgIpc) is 1.21. The third-order valence-corrected chi connectivity index (χ3v) is 0.448. The number of alkyl halides is 3. The van der Waals surface area contributed by atoms with Crippen molar-refractivity contribution in [3.8, 4) is 0 Å². The minimum atomic E-state index is -2.04. The molecule has 0 aliphatic rings. The third-order valence-electron chi connectivity index (χ3n) is 0.216. The highest BCUT2D eigenvalue weighted by atomic mass is 35.6. The fourth-order valence-corrected chi connectivity index (χ4v) is 0.342. The average molecular weight is 175 g/mol. The fourth-order valence-electron chi connectivity index (χ4n) is 0.114. The lowest BCUT2D eigenvalue weighted by molar-refractivity contribution is -0.138. The van der Waals surface area contributed by atoms with Gasteiger partial charge in [-0.25, -0.2) is 0 Å². The van der Waals surface area contributed by atoms with Gasteiger partial charge in [0.05, 0.1) is 6.92 Å². The van der Waals surface area contributed by atoms with E-state index in [0.29, 0.717) is 0 Å². The summed E-state index contributed by atoms with van der Waals surface area (Å²) in [6.45, 7) is 4.46. The Balaban J connectivity index is 3.55. The Kier molecular flexibility index (Phi) is 2.88. The molecule has 0 atom stereocenters. The van der Waals surface area contributed by atoms with Crippen molar-refractivity contribution in [3.05, 3.63) is 6.92 Å². The van der Waals surface area contributed by atoms with Crippen LogP contribution in [0.15, 0.2) is 0 Å². The maximum atomic E-state index is 9.76. The van der Waals surface area contributed by atoms with Crippen molar-refractivity contribution in [3.63, 3.8) is 0 Å². The second kappa shape index (κ2) is 2.76. The van der Waals surface area contributed by atoms with Gasteiger partial charge in [-0.05, 0) is 34.8 Å². The SMILES string of the molecule is [CH]C(=O)OC(Cl)(Cl)Cl. The van der Waals surface area contributed by atoms with Crippen molar-refractivity contribution < 1.29 is 9.53 Å². The van der Waals surface area contributed by atoms with Gasteiger partial charge in [-0.1, -0.05) is 0 Å². The number of esters is 1. The summed E-state index contributed by atoms with van der Waals surface area (Å²) in [7, 11) is 0. The van der Waals surface area contributed by atoms with E-state index < -0.39 is 9.95 Å². The lowest BCUT2D eigenvalue weighted by atomic mass is 10.8. The molecule has 46 valence electrons. The van der Waals surface area contributed by atoms with Gasteiger partial charge in [-0.2, -0.15) is 0 Å². The van der Waals surface area contributed by atoms with Crippen molar-refractivity contribution >= 4 is 40.8 Å². The number of rotatable bonds is 0. The molecule has 0 saturated heterocycles. The molecule has 2 nitrogen and oxygen atoms in total. The van der Waals surface area contributed by atoms with Crippen LogP contribution < -0.4 is 0 Å². The molecule has 0 fully saturated rings. The first-order chi connectivity index (χ1) is 3.42. The Hall–Kier alpha value is 0.340. The minimum absolute atomic E-state index is 1.12. The van der Waals surface area contributed by atoms with Gasteiger partial charge < -0.3 is 4.74 Å². The van der Waals surface area contributed by atoms with Gasteiger partial charge >= 0.3 is 9.95 Å². The molecule has 0 saturated carbocycles. The molecule has 0 aromatic rings. The molecular weight excluding hydrogens is 174 g/mol. The number of hydrogen-bond acceptors (Lipinski definition) is 2. The first-order valence-electron chi connectivity index (χ1n) is 1.47. The molecular formula is C3HCl3O2. The van der Waals surface area contributed by atoms with E-state index in [2.05, 4.69) is 11.7 Å². The predicted molar refractivity (Wildman–Crippen MR) is 30.7 cm³/mol. The summed E-state index contributed by atoms with van der Waals surface area (Å²) in [5, 5.41) is 0. The Morgan fingerprint density at radius 1 is 1.50 bits per heavy atom. The first kappa shape index (κ1) is 8.34. The second-order valence-corrected chi connectivity index (χ2v) is 3.04. The molecule has 0 N–H and O–H groups in total. The van der Waals surface area contributed by atoms with Gasteiger partial charge in [0.25, 0.3) is 0 Å². The zero-order valence-electron chi connectivity index (χ0n) is 3.53. The van der Waals surface area contributed by atoms with Crippen molar-refractivity contribution in [2.75, 3.05) is 0 Å². The van der Waals surface area contributed by atoms with E-state index in [1.54, 1.807) is 0 Å². The molecule has 0 aliphatic heterocycles. The van der Waals surface area contributed by atoms with Gasteiger partial charge in [0.15, 0.2) is 0 Å².